The quantitative estimate of drug-likeness (QED) is 0.292. The number of amides is 1. The van der Waals surface area contributed by atoms with Crippen molar-refractivity contribution in [3.8, 4) is 16.9 Å². The van der Waals surface area contributed by atoms with Crippen LogP contribution in [0.4, 0.5) is 9.59 Å². The van der Waals surface area contributed by atoms with Gasteiger partial charge >= 0.3 is 12.2 Å². The number of hydrogen-bond acceptors (Lipinski definition) is 6. The third kappa shape index (κ3) is 5.19. The van der Waals surface area contributed by atoms with Gasteiger partial charge in [0.25, 0.3) is 0 Å². The van der Waals surface area contributed by atoms with Gasteiger partial charge in [-0.1, -0.05) is 48.5 Å². The number of alkyl carbamates (subject to hydrolysis) is 1. The molecule has 0 fully saturated rings. The first-order valence-electron chi connectivity index (χ1n) is 11.3. The average Bonchev–Trinajstić information content (AvgIpc) is 3.17. The molecule has 7 nitrogen and oxygen atoms in total. The van der Waals surface area contributed by atoms with E-state index in [1.165, 1.54) is 7.11 Å². The van der Waals surface area contributed by atoms with E-state index in [0.29, 0.717) is 12.0 Å². The summed E-state index contributed by atoms with van der Waals surface area (Å²) in [5.41, 5.74) is 7.05. The maximum absolute atomic E-state index is 12.6. The Balaban J connectivity index is 1.40. The highest BCUT2D eigenvalue weighted by Crippen LogP contribution is 2.44. The molecule has 1 aliphatic rings. The standard InChI is InChI=1S/C28H27NO6/c1-17-12-20(35-28(32)33-3)13-18(2)25(17)14-19(15-30)29-27(31)34-16-26-23-10-6-4-8-21(23)22-9-5-7-11-24(22)26/h4-13,15,19,26H,14,16H2,1-3H3,(H,29,31)/t19-/m1/s1. The molecule has 7 heteroatoms. The predicted octanol–water partition coefficient (Wildman–Crippen LogP) is 5.10. The smallest absolute Gasteiger partial charge is 0.449 e. The zero-order valence-corrected chi connectivity index (χ0v) is 19.9. The topological polar surface area (TPSA) is 90.9 Å². The molecule has 1 aliphatic carbocycles. The highest BCUT2D eigenvalue weighted by atomic mass is 16.7. The molecule has 1 N–H and O–H groups in total. The average molecular weight is 474 g/mol. The Labute approximate surface area is 204 Å². The molecule has 35 heavy (non-hydrogen) atoms. The lowest BCUT2D eigenvalue weighted by Gasteiger charge is -2.18. The number of ether oxygens (including phenoxy) is 3. The van der Waals surface area contributed by atoms with Crippen molar-refractivity contribution in [1.82, 2.24) is 5.32 Å². The van der Waals surface area contributed by atoms with Crippen LogP contribution in [0.1, 0.15) is 33.7 Å². The number of benzene rings is 3. The maximum atomic E-state index is 12.6. The third-order valence-corrected chi connectivity index (χ3v) is 6.27. The van der Waals surface area contributed by atoms with E-state index in [9.17, 15) is 14.4 Å². The number of aldehydes is 1. The summed E-state index contributed by atoms with van der Waals surface area (Å²) in [5, 5.41) is 2.66. The van der Waals surface area contributed by atoms with Crippen molar-refractivity contribution < 1.29 is 28.6 Å². The normalized spacial score (nSPS) is 12.8. The van der Waals surface area contributed by atoms with Crippen molar-refractivity contribution in [3.63, 3.8) is 0 Å². The summed E-state index contributed by atoms with van der Waals surface area (Å²) >= 11 is 0. The van der Waals surface area contributed by atoms with Gasteiger partial charge < -0.3 is 24.3 Å². The summed E-state index contributed by atoms with van der Waals surface area (Å²) in [6.07, 6.45) is -0.479. The number of rotatable bonds is 7. The van der Waals surface area contributed by atoms with Crippen molar-refractivity contribution in [2.45, 2.75) is 32.2 Å². The number of nitrogens with one attached hydrogen (secondary N) is 1. The first-order chi connectivity index (χ1) is 16.9. The van der Waals surface area contributed by atoms with Crippen molar-refractivity contribution >= 4 is 18.5 Å². The van der Waals surface area contributed by atoms with Gasteiger partial charge in [-0.15, -0.1) is 0 Å². The molecular formula is C28H27NO6. The molecule has 0 bridgehead atoms. The Morgan fingerprint density at radius 2 is 1.54 bits per heavy atom. The molecule has 3 aromatic carbocycles. The molecule has 3 aromatic rings. The molecule has 0 saturated heterocycles. The first kappa shape index (κ1) is 24.0. The van der Waals surface area contributed by atoms with Crippen molar-refractivity contribution in [1.29, 1.82) is 0 Å². The monoisotopic (exact) mass is 473 g/mol. The van der Waals surface area contributed by atoms with Gasteiger partial charge in [0.05, 0.1) is 13.2 Å². The van der Waals surface area contributed by atoms with Gasteiger partial charge in [-0.3, -0.25) is 0 Å². The van der Waals surface area contributed by atoms with E-state index < -0.39 is 18.3 Å². The lowest BCUT2D eigenvalue weighted by atomic mass is 9.96. The Hall–Kier alpha value is -4.13. The summed E-state index contributed by atoms with van der Waals surface area (Å²) in [6, 6.07) is 18.8. The fourth-order valence-corrected chi connectivity index (χ4v) is 4.62. The first-order valence-corrected chi connectivity index (χ1v) is 11.3. The molecule has 1 atom stereocenters. The van der Waals surface area contributed by atoms with Crippen LogP contribution >= 0.6 is 0 Å². The van der Waals surface area contributed by atoms with Gasteiger partial charge in [-0.25, -0.2) is 9.59 Å². The van der Waals surface area contributed by atoms with E-state index in [4.69, 9.17) is 9.47 Å². The van der Waals surface area contributed by atoms with E-state index >= 15 is 0 Å². The third-order valence-electron chi connectivity index (χ3n) is 6.27. The highest BCUT2D eigenvalue weighted by molar-refractivity contribution is 5.79. The molecule has 0 saturated carbocycles. The molecule has 4 rings (SSSR count). The van der Waals surface area contributed by atoms with Crippen LogP contribution in [-0.4, -0.2) is 38.3 Å². The number of hydrogen-bond donors (Lipinski definition) is 1. The molecule has 0 unspecified atom stereocenters. The summed E-state index contributed by atoms with van der Waals surface area (Å²) in [7, 11) is 1.24. The second-order valence-corrected chi connectivity index (χ2v) is 8.51. The minimum atomic E-state index is -0.806. The van der Waals surface area contributed by atoms with E-state index in [1.807, 2.05) is 38.1 Å². The molecule has 0 spiro atoms. The zero-order valence-electron chi connectivity index (χ0n) is 19.9. The SMILES string of the molecule is COC(=O)Oc1cc(C)c(C[C@H](C=O)NC(=O)OCC2c3ccccc3-c3ccccc32)c(C)c1. The second kappa shape index (κ2) is 10.4. The fraction of sp³-hybridized carbons (Fsp3) is 0.250. The van der Waals surface area contributed by atoms with E-state index in [2.05, 4.69) is 34.3 Å². The summed E-state index contributed by atoms with van der Waals surface area (Å²) < 4.78 is 15.2. The lowest BCUT2D eigenvalue weighted by Crippen LogP contribution is -2.38. The number of carbonyl (C=O) groups is 3. The highest BCUT2D eigenvalue weighted by Gasteiger charge is 2.29. The molecular weight excluding hydrogens is 446 g/mol. The Bertz CT molecular complexity index is 1200. The van der Waals surface area contributed by atoms with Crippen LogP contribution in [0.2, 0.25) is 0 Å². The van der Waals surface area contributed by atoms with Gasteiger partial charge in [0.1, 0.15) is 18.6 Å². The number of fused-ring (bicyclic) bond motifs is 3. The van der Waals surface area contributed by atoms with E-state index in [1.54, 1.807) is 12.1 Å². The van der Waals surface area contributed by atoms with Crippen molar-refractivity contribution in [2.75, 3.05) is 13.7 Å². The zero-order chi connectivity index (χ0) is 24.9. The van der Waals surface area contributed by atoms with Gasteiger partial charge in [0.2, 0.25) is 0 Å². The second-order valence-electron chi connectivity index (χ2n) is 8.51. The Morgan fingerprint density at radius 3 is 2.09 bits per heavy atom. The van der Waals surface area contributed by atoms with Crippen molar-refractivity contribution in [2.24, 2.45) is 0 Å². The number of aryl methyl sites for hydroxylation is 2. The van der Waals surface area contributed by atoms with Crippen LogP contribution in [0.25, 0.3) is 11.1 Å². The molecule has 1 amide bonds. The Morgan fingerprint density at radius 1 is 0.971 bits per heavy atom. The molecule has 0 heterocycles. The minimum absolute atomic E-state index is 0.0605. The van der Waals surface area contributed by atoms with E-state index in [0.717, 1.165) is 38.9 Å². The molecule has 180 valence electrons. The maximum Gasteiger partial charge on any atom is 0.513 e. The van der Waals surface area contributed by atoms with Gasteiger partial charge in [0.15, 0.2) is 0 Å². The van der Waals surface area contributed by atoms with Crippen LogP contribution in [0.3, 0.4) is 0 Å². The number of carbonyl (C=O) groups excluding carboxylic acids is 3. The summed E-state index contributed by atoms with van der Waals surface area (Å²) in [6.45, 7) is 3.87. The van der Waals surface area contributed by atoms with Crippen molar-refractivity contribution in [3.05, 3.63) is 88.5 Å². The van der Waals surface area contributed by atoms with Crippen LogP contribution < -0.4 is 10.1 Å². The molecule has 0 radical (unpaired) electrons. The molecule has 0 aromatic heterocycles. The largest absolute Gasteiger partial charge is 0.513 e. The van der Waals surface area contributed by atoms with Gasteiger partial charge in [-0.05, 0) is 64.9 Å². The van der Waals surface area contributed by atoms with Crippen LogP contribution in [-0.2, 0) is 20.7 Å². The van der Waals surface area contributed by atoms with Crippen LogP contribution in [0, 0.1) is 13.8 Å². The summed E-state index contributed by atoms with van der Waals surface area (Å²) in [5.74, 6) is 0.289. The fourth-order valence-electron chi connectivity index (χ4n) is 4.62. The lowest BCUT2D eigenvalue weighted by molar-refractivity contribution is -0.109. The molecule has 0 aliphatic heterocycles. The van der Waals surface area contributed by atoms with Gasteiger partial charge in [0, 0.05) is 12.3 Å². The van der Waals surface area contributed by atoms with Gasteiger partial charge in [-0.2, -0.15) is 0 Å². The predicted molar refractivity (Wildman–Crippen MR) is 131 cm³/mol. The Kier molecular flexibility index (Phi) is 7.15. The van der Waals surface area contributed by atoms with E-state index in [-0.39, 0.29) is 18.9 Å². The number of methoxy groups -OCH3 is 1. The van der Waals surface area contributed by atoms with Crippen LogP contribution in [0.15, 0.2) is 60.7 Å². The summed E-state index contributed by atoms with van der Waals surface area (Å²) in [4.78, 5) is 35.7. The minimum Gasteiger partial charge on any atom is -0.449 e. The van der Waals surface area contributed by atoms with Crippen LogP contribution in [0.5, 0.6) is 5.75 Å².